The van der Waals surface area contributed by atoms with Crippen LogP contribution in [-0.4, -0.2) is 30.8 Å². The normalized spacial score (nSPS) is 9.62. The Balaban J connectivity index is 3.00. The largest absolute Gasteiger partial charge is 0.507 e. The lowest BCUT2D eigenvalue weighted by atomic mass is 10.1. The molecule has 1 N–H and O–H groups in total. The van der Waals surface area contributed by atoms with Crippen LogP contribution in [0.4, 0.5) is 0 Å². The number of phenolic OH excluding ortho intramolecular Hbond substituents is 1. The van der Waals surface area contributed by atoms with Crippen molar-refractivity contribution in [3.8, 4) is 5.75 Å². The van der Waals surface area contributed by atoms with Crippen LogP contribution in [0.1, 0.15) is 27.6 Å². The second kappa shape index (κ2) is 5.16. The highest BCUT2D eigenvalue weighted by atomic mass is 16.5. The van der Waals surface area contributed by atoms with Crippen LogP contribution in [0, 0.1) is 0 Å². The van der Waals surface area contributed by atoms with Gasteiger partial charge in [0.2, 0.25) is 0 Å². The van der Waals surface area contributed by atoms with Crippen LogP contribution in [0.2, 0.25) is 0 Å². The van der Waals surface area contributed by atoms with E-state index in [0.29, 0.717) is 0 Å². The summed E-state index contributed by atoms with van der Waals surface area (Å²) in [6.45, 7) is 1.88. The van der Waals surface area contributed by atoms with Gasteiger partial charge in [0.05, 0.1) is 19.3 Å². The van der Waals surface area contributed by atoms with Crippen molar-refractivity contribution in [3.05, 3.63) is 29.3 Å². The van der Waals surface area contributed by atoms with Gasteiger partial charge in [0.25, 0.3) is 0 Å². The van der Waals surface area contributed by atoms with Crippen molar-refractivity contribution in [2.24, 2.45) is 0 Å². The third-order valence-electron chi connectivity index (χ3n) is 1.91. The molecule has 0 aliphatic rings. The zero-order chi connectivity index (χ0) is 12.1. The van der Waals surface area contributed by atoms with E-state index in [-0.39, 0.29) is 23.5 Å². The van der Waals surface area contributed by atoms with E-state index < -0.39 is 11.9 Å². The highest BCUT2D eigenvalue weighted by Gasteiger charge is 2.15. The first kappa shape index (κ1) is 12.0. The van der Waals surface area contributed by atoms with E-state index in [1.807, 2.05) is 0 Å². The first-order valence-electron chi connectivity index (χ1n) is 4.68. The summed E-state index contributed by atoms with van der Waals surface area (Å²) in [5.41, 5.74) is 0.197. The first-order valence-corrected chi connectivity index (χ1v) is 4.68. The standard InChI is InChI=1S/C11H12O5/c1-3-16-11(14)8-5-4-7(6-9(8)12)10(13)15-2/h4-6,12H,3H2,1-2H3. The molecule has 16 heavy (non-hydrogen) atoms. The van der Waals surface area contributed by atoms with Crippen LogP contribution in [0.3, 0.4) is 0 Å². The molecular formula is C11H12O5. The Bertz CT molecular complexity index is 411. The number of benzene rings is 1. The topological polar surface area (TPSA) is 72.8 Å². The SMILES string of the molecule is CCOC(=O)c1ccc(C(=O)OC)cc1O. The number of aromatic hydroxyl groups is 1. The summed E-state index contributed by atoms with van der Waals surface area (Å²) in [6.07, 6.45) is 0. The predicted molar refractivity (Wildman–Crippen MR) is 55.4 cm³/mol. The minimum absolute atomic E-state index is 0.0227. The van der Waals surface area contributed by atoms with Crippen molar-refractivity contribution >= 4 is 11.9 Å². The van der Waals surface area contributed by atoms with Gasteiger partial charge in [-0.2, -0.15) is 0 Å². The summed E-state index contributed by atoms with van der Waals surface area (Å²) in [7, 11) is 1.23. The fourth-order valence-electron chi connectivity index (χ4n) is 1.16. The van der Waals surface area contributed by atoms with Crippen LogP contribution < -0.4 is 0 Å². The molecule has 86 valence electrons. The average Bonchev–Trinajstić information content (AvgIpc) is 2.28. The summed E-state index contributed by atoms with van der Waals surface area (Å²) in [4.78, 5) is 22.4. The lowest BCUT2D eigenvalue weighted by Crippen LogP contribution is -2.07. The third-order valence-corrected chi connectivity index (χ3v) is 1.91. The monoisotopic (exact) mass is 224 g/mol. The molecule has 1 rings (SSSR count). The summed E-state index contributed by atoms with van der Waals surface area (Å²) in [6, 6.07) is 3.87. The molecular weight excluding hydrogens is 212 g/mol. The molecule has 0 aromatic heterocycles. The maximum absolute atomic E-state index is 11.3. The number of esters is 2. The molecule has 0 saturated carbocycles. The summed E-state index contributed by atoms with van der Waals surface area (Å²) in [5, 5.41) is 9.52. The minimum atomic E-state index is -0.628. The number of methoxy groups -OCH3 is 1. The molecule has 0 atom stereocenters. The van der Waals surface area contributed by atoms with Crippen LogP contribution in [0.25, 0.3) is 0 Å². The molecule has 1 aromatic carbocycles. The van der Waals surface area contributed by atoms with Crippen LogP contribution in [-0.2, 0) is 9.47 Å². The van der Waals surface area contributed by atoms with Gasteiger partial charge in [-0.3, -0.25) is 0 Å². The molecule has 0 aliphatic heterocycles. The molecule has 5 heteroatoms. The molecule has 0 fully saturated rings. The van der Waals surface area contributed by atoms with E-state index in [0.717, 1.165) is 6.07 Å². The third kappa shape index (κ3) is 2.50. The van der Waals surface area contributed by atoms with Crippen LogP contribution in [0.5, 0.6) is 5.75 Å². The number of carbonyl (C=O) groups excluding carboxylic acids is 2. The van der Waals surface area contributed by atoms with Gasteiger partial charge in [0.1, 0.15) is 11.3 Å². The van der Waals surface area contributed by atoms with Crippen LogP contribution in [0.15, 0.2) is 18.2 Å². The maximum Gasteiger partial charge on any atom is 0.341 e. The van der Waals surface area contributed by atoms with Gasteiger partial charge >= 0.3 is 11.9 Å². The molecule has 0 unspecified atom stereocenters. The van der Waals surface area contributed by atoms with Gasteiger partial charge in [-0.1, -0.05) is 0 Å². The number of hydrogen-bond donors (Lipinski definition) is 1. The molecule has 0 bridgehead atoms. The molecule has 0 spiro atoms. The second-order valence-corrected chi connectivity index (χ2v) is 2.94. The number of rotatable bonds is 3. The van der Waals surface area contributed by atoms with Gasteiger partial charge in [-0.05, 0) is 25.1 Å². The van der Waals surface area contributed by atoms with Gasteiger partial charge in [0, 0.05) is 0 Å². The van der Waals surface area contributed by atoms with E-state index in [4.69, 9.17) is 4.74 Å². The Kier molecular flexibility index (Phi) is 3.88. The molecule has 0 heterocycles. The summed E-state index contributed by atoms with van der Waals surface area (Å²) >= 11 is 0. The van der Waals surface area contributed by atoms with Crippen molar-refractivity contribution in [1.29, 1.82) is 0 Å². The lowest BCUT2D eigenvalue weighted by Gasteiger charge is -2.05. The van der Waals surface area contributed by atoms with Gasteiger partial charge in [-0.25, -0.2) is 9.59 Å². The fourth-order valence-corrected chi connectivity index (χ4v) is 1.16. The average molecular weight is 224 g/mol. The molecule has 0 saturated heterocycles. The Morgan fingerprint density at radius 1 is 1.31 bits per heavy atom. The van der Waals surface area contributed by atoms with E-state index in [1.54, 1.807) is 6.92 Å². The fraction of sp³-hybridized carbons (Fsp3) is 0.273. The van der Waals surface area contributed by atoms with Gasteiger partial charge in [0.15, 0.2) is 0 Å². The van der Waals surface area contributed by atoms with Crippen molar-refractivity contribution in [2.75, 3.05) is 13.7 Å². The second-order valence-electron chi connectivity index (χ2n) is 2.94. The Labute approximate surface area is 92.6 Å². The van der Waals surface area contributed by atoms with Crippen molar-refractivity contribution < 1.29 is 24.2 Å². The Hall–Kier alpha value is -2.04. The first-order chi connectivity index (χ1) is 7.60. The smallest absolute Gasteiger partial charge is 0.341 e. The zero-order valence-corrected chi connectivity index (χ0v) is 9.02. The van der Waals surface area contributed by atoms with Crippen molar-refractivity contribution in [3.63, 3.8) is 0 Å². The van der Waals surface area contributed by atoms with E-state index in [9.17, 15) is 14.7 Å². The quantitative estimate of drug-likeness (QED) is 0.784. The maximum atomic E-state index is 11.3. The molecule has 5 nitrogen and oxygen atoms in total. The highest BCUT2D eigenvalue weighted by Crippen LogP contribution is 2.20. The summed E-state index contributed by atoms with van der Waals surface area (Å²) in [5.74, 6) is -1.51. The highest BCUT2D eigenvalue weighted by molar-refractivity contribution is 5.95. The lowest BCUT2D eigenvalue weighted by molar-refractivity contribution is 0.0520. The predicted octanol–water partition coefficient (Wildman–Crippen LogP) is 1.36. The van der Waals surface area contributed by atoms with E-state index in [2.05, 4.69) is 4.74 Å². The Morgan fingerprint density at radius 2 is 2.00 bits per heavy atom. The van der Waals surface area contributed by atoms with Gasteiger partial charge < -0.3 is 14.6 Å². The molecule has 0 radical (unpaired) electrons. The summed E-state index contributed by atoms with van der Waals surface area (Å²) < 4.78 is 9.19. The van der Waals surface area contributed by atoms with E-state index >= 15 is 0 Å². The molecule has 0 aliphatic carbocycles. The number of ether oxygens (including phenoxy) is 2. The van der Waals surface area contributed by atoms with Gasteiger partial charge in [-0.15, -0.1) is 0 Å². The van der Waals surface area contributed by atoms with E-state index in [1.165, 1.54) is 19.2 Å². The van der Waals surface area contributed by atoms with Crippen LogP contribution >= 0.6 is 0 Å². The molecule has 1 aromatic rings. The number of phenols is 1. The number of carbonyl (C=O) groups is 2. The van der Waals surface area contributed by atoms with Crippen molar-refractivity contribution in [2.45, 2.75) is 6.92 Å². The van der Waals surface area contributed by atoms with Crippen molar-refractivity contribution in [1.82, 2.24) is 0 Å². The Morgan fingerprint density at radius 3 is 2.50 bits per heavy atom. The number of hydrogen-bond acceptors (Lipinski definition) is 5. The minimum Gasteiger partial charge on any atom is -0.507 e. The molecule has 0 amide bonds. The zero-order valence-electron chi connectivity index (χ0n) is 9.02.